The standard InChI is InChI=1S/C24H27NO7/c1-6-30-21(27)18-17(25(4)5)13-16-14-11-9-10-12-15(14)20(26)19(22(28)31-7-2)24(16,18)23(29)32-8-3/h9-13,19H,6-8H2,1-5H3/t19-,24-/m0/s1. The quantitative estimate of drug-likeness (QED) is 0.361. The van der Waals surface area contributed by atoms with Crippen LogP contribution in [-0.2, 0) is 28.6 Å². The number of carbonyl (C=O) groups is 4. The average molecular weight is 441 g/mol. The summed E-state index contributed by atoms with van der Waals surface area (Å²) in [7, 11) is 3.41. The predicted octanol–water partition coefficient (Wildman–Crippen LogP) is 2.39. The maximum atomic E-state index is 13.7. The third kappa shape index (κ3) is 3.30. The van der Waals surface area contributed by atoms with E-state index in [0.717, 1.165) is 0 Å². The van der Waals surface area contributed by atoms with E-state index in [9.17, 15) is 19.2 Å². The van der Waals surface area contributed by atoms with Crippen molar-refractivity contribution < 1.29 is 33.4 Å². The van der Waals surface area contributed by atoms with E-state index in [1.54, 1.807) is 70.1 Å². The zero-order chi connectivity index (χ0) is 23.6. The summed E-state index contributed by atoms with van der Waals surface area (Å²) < 4.78 is 15.9. The zero-order valence-corrected chi connectivity index (χ0v) is 18.9. The molecule has 0 spiro atoms. The second-order valence-electron chi connectivity index (χ2n) is 7.56. The summed E-state index contributed by atoms with van der Waals surface area (Å²) in [5, 5.41) is 0. The lowest BCUT2D eigenvalue weighted by atomic mass is 9.59. The molecule has 0 unspecified atom stereocenters. The fraction of sp³-hybridized carbons (Fsp3) is 0.417. The second-order valence-corrected chi connectivity index (χ2v) is 7.56. The van der Waals surface area contributed by atoms with Gasteiger partial charge in [0.2, 0.25) is 0 Å². The fourth-order valence-electron chi connectivity index (χ4n) is 4.44. The first kappa shape index (κ1) is 23.2. The van der Waals surface area contributed by atoms with Gasteiger partial charge in [-0.1, -0.05) is 24.3 Å². The van der Waals surface area contributed by atoms with Gasteiger partial charge in [-0.15, -0.1) is 0 Å². The summed E-state index contributed by atoms with van der Waals surface area (Å²) in [5.74, 6) is -4.79. The van der Waals surface area contributed by atoms with Crippen LogP contribution >= 0.6 is 0 Å². The van der Waals surface area contributed by atoms with Crippen molar-refractivity contribution in [3.8, 4) is 0 Å². The Morgan fingerprint density at radius 3 is 2.09 bits per heavy atom. The van der Waals surface area contributed by atoms with Crippen LogP contribution in [0, 0.1) is 11.3 Å². The maximum absolute atomic E-state index is 13.7. The number of Topliss-reactive ketones (excluding diaryl/α,β-unsaturated/α-hetero) is 1. The summed E-state index contributed by atoms with van der Waals surface area (Å²) in [4.78, 5) is 55.5. The molecule has 32 heavy (non-hydrogen) atoms. The number of hydrogen-bond acceptors (Lipinski definition) is 8. The van der Waals surface area contributed by atoms with E-state index in [1.165, 1.54) is 0 Å². The highest BCUT2D eigenvalue weighted by atomic mass is 16.5. The number of esters is 3. The largest absolute Gasteiger partial charge is 0.465 e. The van der Waals surface area contributed by atoms with Gasteiger partial charge >= 0.3 is 17.9 Å². The summed E-state index contributed by atoms with van der Waals surface area (Å²) in [6.07, 6.45) is 1.65. The molecule has 2 atom stereocenters. The van der Waals surface area contributed by atoms with E-state index in [-0.39, 0.29) is 31.0 Å². The van der Waals surface area contributed by atoms with Crippen LogP contribution in [0.25, 0.3) is 5.57 Å². The average Bonchev–Trinajstić information content (AvgIpc) is 3.12. The van der Waals surface area contributed by atoms with Gasteiger partial charge < -0.3 is 19.1 Å². The van der Waals surface area contributed by atoms with Crippen molar-refractivity contribution >= 4 is 29.3 Å². The molecule has 0 saturated carbocycles. The minimum atomic E-state index is -2.01. The van der Waals surface area contributed by atoms with Crippen molar-refractivity contribution in [3.05, 3.63) is 52.7 Å². The van der Waals surface area contributed by atoms with Crippen molar-refractivity contribution in [1.29, 1.82) is 0 Å². The SMILES string of the molecule is CCOC(=O)C1=C(N(C)C)C=C2c3ccccc3C(=O)[C@@H](C(=O)OCC)[C@]21C(=O)OCC. The van der Waals surface area contributed by atoms with Crippen molar-refractivity contribution in [2.75, 3.05) is 33.9 Å². The molecule has 2 aliphatic rings. The number of fused-ring (bicyclic) bond motifs is 3. The summed E-state index contributed by atoms with van der Waals surface area (Å²) in [6, 6.07) is 6.69. The maximum Gasteiger partial charge on any atom is 0.337 e. The Kier molecular flexibility index (Phi) is 6.52. The molecule has 8 heteroatoms. The molecule has 2 aliphatic carbocycles. The fourth-order valence-corrected chi connectivity index (χ4v) is 4.44. The van der Waals surface area contributed by atoms with Gasteiger partial charge in [-0.3, -0.25) is 14.4 Å². The number of ketones is 1. The Labute approximate surface area is 186 Å². The van der Waals surface area contributed by atoms with Crippen LogP contribution in [0.4, 0.5) is 0 Å². The highest BCUT2D eigenvalue weighted by molar-refractivity contribution is 6.25. The first-order chi connectivity index (χ1) is 15.3. The molecule has 1 aromatic rings. The third-order valence-electron chi connectivity index (χ3n) is 5.62. The third-order valence-corrected chi connectivity index (χ3v) is 5.62. The monoisotopic (exact) mass is 441 g/mol. The Morgan fingerprint density at radius 1 is 0.938 bits per heavy atom. The number of nitrogens with zero attached hydrogens (tertiary/aromatic N) is 1. The van der Waals surface area contributed by atoms with Gasteiger partial charge in [-0.2, -0.15) is 0 Å². The molecule has 0 amide bonds. The molecule has 0 fully saturated rings. The Hall–Kier alpha value is -3.42. The van der Waals surface area contributed by atoms with Crippen LogP contribution in [0.5, 0.6) is 0 Å². The van der Waals surface area contributed by atoms with Crippen molar-refractivity contribution in [1.82, 2.24) is 4.90 Å². The van der Waals surface area contributed by atoms with E-state index in [0.29, 0.717) is 16.8 Å². The van der Waals surface area contributed by atoms with E-state index >= 15 is 0 Å². The Morgan fingerprint density at radius 2 is 1.53 bits per heavy atom. The van der Waals surface area contributed by atoms with Gasteiger partial charge in [0.15, 0.2) is 5.78 Å². The molecule has 3 rings (SSSR count). The molecule has 0 aromatic heterocycles. The summed E-state index contributed by atoms with van der Waals surface area (Å²) >= 11 is 0. The van der Waals surface area contributed by atoms with Crippen LogP contribution in [0.2, 0.25) is 0 Å². The van der Waals surface area contributed by atoms with Crippen LogP contribution < -0.4 is 0 Å². The molecule has 170 valence electrons. The highest BCUT2D eigenvalue weighted by Crippen LogP contribution is 2.59. The molecule has 0 heterocycles. The highest BCUT2D eigenvalue weighted by Gasteiger charge is 2.67. The predicted molar refractivity (Wildman–Crippen MR) is 115 cm³/mol. The molecule has 0 bridgehead atoms. The van der Waals surface area contributed by atoms with E-state index < -0.39 is 35.0 Å². The molecule has 0 N–H and O–H groups in total. The number of likely N-dealkylation sites (N-methyl/N-ethyl adjacent to an activating group) is 1. The zero-order valence-electron chi connectivity index (χ0n) is 18.9. The minimum absolute atomic E-state index is 0.00120. The first-order valence-corrected chi connectivity index (χ1v) is 10.6. The molecule has 0 aliphatic heterocycles. The normalized spacial score (nSPS) is 21.3. The van der Waals surface area contributed by atoms with Crippen LogP contribution in [0.1, 0.15) is 36.7 Å². The van der Waals surface area contributed by atoms with Crippen LogP contribution in [0.15, 0.2) is 41.6 Å². The molecule has 8 nitrogen and oxygen atoms in total. The number of ether oxygens (including phenoxy) is 3. The van der Waals surface area contributed by atoms with E-state index in [1.807, 2.05) is 0 Å². The molecule has 0 saturated heterocycles. The van der Waals surface area contributed by atoms with Gasteiger partial charge in [0.1, 0.15) is 11.3 Å². The second kappa shape index (κ2) is 8.98. The van der Waals surface area contributed by atoms with E-state index in [2.05, 4.69) is 0 Å². The number of benzene rings is 1. The van der Waals surface area contributed by atoms with Crippen LogP contribution in [0.3, 0.4) is 0 Å². The van der Waals surface area contributed by atoms with Crippen molar-refractivity contribution in [2.24, 2.45) is 11.3 Å². The van der Waals surface area contributed by atoms with E-state index in [4.69, 9.17) is 14.2 Å². The van der Waals surface area contributed by atoms with Gasteiger partial charge in [0, 0.05) is 25.4 Å². The number of rotatable bonds is 7. The lowest BCUT2D eigenvalue weighted by molar-refractivity contribution is -0.162. The Bertz CT molecular complexity index is 1040. The molecule has 0 radical (unpaired) electrons. The molecular formula is C24H27NO7. The lowest BCUT2D eigenvalue weighted by Gasteiger charge is -2.40. The Balaban J connectivity index is 2.47. The molecular weight excluding hydrogens is 414 g/mol. The summed E-state index contributed by atoms with van der Waals surface area (Å²) in [5.41, 5.74) is -0.663. The minimum Gasteiger partial charge on any atom is -0.465 e. The van der Waals surface area contributed by atoms with Crippen molar-refractivity contribution in [2.45, 2.75) is 20.8 Å². The van der Waals surface area contributed by atoms with Gasteiger partial charge in [0.25, 0.3) is 0 Å². The van der Waals surface area contributed by atoms with Gasteiger partial charge in [-0.05, 0) is 38.0 Å². The van der Waals surface area contributed by atoms with Gasteiger partial charge in [0.05, 0.1) is 25.4 Å². The summed E-state index contributed by atoms with van der Waals surface area (Å²) in [6.45, 7) is 4.90. The van der Waals surface area contributed by atoms with Gasteiger partial charge in [-0.25, -0.2) is 4.79 Å². The van der Waals surface area contributed by atoms with Crippen molar-refractivity contribution in [3.63, 3.8) is 0 Å². The first-order valence-electron chi connectivity index (χ1n) is 10.6. The number of hydrogen-bond donors (Lipinski definition) is 0. The topological polar surface area (TPSA) is 99.2 Å². The lowest BCUT2D eigenvalue weighted by Crippen LogP contribution is -2.53. The molecule has 1 aromatic carbocycles. The van der Waals surface area contributed by atoms with Crippen LogP contribution in [-0.4, -0.2) is 62.5 Å². The number of allylic oxidation sites excluding steroid dienone is 1. The number of carbonyl (C=O) groups excluding carboxylic acids is 4. The smallest absolute Gasteiger partial charge is 0.337 e.